The van der Waals surface area contributed by atoms with Crippen LogP contribution in [0.3, 0.4) is 0 Å². The van der Waals surface area contributed by atoms with Crippen LogP contribution in [0.4, 0.5) is 13.2 Å². The van der Waals surface area contributed by atoms with Crippen molar-refractivity contribution in [3.8, 4) is 22.9 Å². The van der Waals surface area contributed by atoms with Crippen molar-refractivity contribution in [1.82, 2.24) is 25.2 Å². The number of aromatic nitrogens is 3. The van der Waals surface area contributed by atoms with E-state index in [-0.39, 0.29) is 40.6 Å². The number of hydrogen-bond acceptors (Lipinski definition) is 7. The number of benzene rings is 1. The van der Waals surface area contributed by atoms with Crippen LogP contribution < -0.4 is 14.8 Å². The molecule has 2 fully saturated rings. The molecule has 1 saturated carbocycles. The molecule has 0 unspecified atom stereocenters. The Morgan fingerprint density at radius 1 is 1.18 bits per heavy atom. The fraction of sp³-hybridized carbons (Fsp3) is 0.440. The molecule has 3 heterocycles. The Labute approximate surface area is 215 Å². The lowest BCUT2D eigenvalue weighted by atomic mass is 10.0. The number of H-pyrrole nitrogens is 1. The molecular weight excluding hydrogens is 507 g/mol. The number of aromatic amines is 1. The third-order valence-electron chi connectivity index (χ3n) is 6.64. The second-order valence-electron chi connectivity index (χ2n) is 9.36. The Morgan fingerprint density at radius 2 is 1.95 bits per heavy atom. The molecule has 1 aromatic carbocycles. The molecule has 3 aromatic rings. The largest absolute Gasteiger partial charge is 0.492 e. The van der Waals surface area contributed by atoms with Gasteiger partial charge in [-0.15, -0.1) is 0 Å². The summed E-state index contributed by atoms with van der Waals surface area (Å²) >= 11 is 0. The third-order valence-corrected chi connectivity index (χ3v) is 6.64. The monoisotopic (exact) mass is 533 g/mol. The molecule has 0 atom stereocenters. The quantitative estimate of drug-likeness (QED) is 0.386. The van der Waals surface area contributed by atoms with Crippen LogP contribution in [0.5, 0.6) is 11.5 Å². The second kappa shape index (κ2) is 10.9. The lowest BCUT2D eigenvalue weighted by Crippen LogP contribution is -2.47. The number of aliphatic hydroxyl groups is 1. The van der Waals surface area contributed by atoms with Crippen LogP contribution in [0.1, 0.15) is 36.0 Å². The van der Waals surface area contributed by atoms with Crippen molar-refractivity contribution in [1.29, 1.82) is 0 Å². The van der Waals surface area contributed by atoms with Gasteiger partial charge in [0.15, 0.2) is 17.4 Å². The number of rotatable bonds is 9. The van der Waals surface area contributed by atoms with Gasteiger partial charge in [-0.05, 0) is 37.7 Å². The van der Waals surface area contributed by atoms with E-state index >= 15 is 0 Å². The number of hydrogen-bond donors (Lipinski definition) is 3. The molecule has 1 saturated heterocycles. The van der Waals surface area contributed by atoms with Crippen molar-refractivity contribution in [3.63, 3.8) is 0 Å². The van der Waals surface area contributed by atoms with Gasteiger partial charge in [-0.25, -0.2) is 14.4 Å². The first-order chi connectivity index (χ1) is 18.3. The smallest absolute Gasteiger partial charge is 0.387 e. The molecule has 202 valence electrons. The molecule has 1 aliphatic carbocycles. The first-order valence-corrected chi connectivity index (χ1v) is 12.3. The first-order valence-electron chi connectivity index (χ1n) is 12.3. The number of amides is 2. The highest BCUT2D eigenvalue weighted by Gasteiger charge is 2.27. The van der Waals surface area contributed by atoms with Gasteiger partial charge >= 0.3 is 6.61 Å². The summed E-state index contributed by atoms with van der Waals surface area (Å²) in [5, 5.41) is 12.0. The number of nitrogens with one attached hydrogen (secondary N) is 2. The lowest BCUT2D eigenvalue weighted by molar-refractivity contribution is -0.135. The number of alkyl halides is 2. The van der Waals surface area contributed by atoms with Crippen molar-refractivity contribution >= 4 is 22.8 Å². The molecule has 13 heteroatoms. The minimum absolute atomic E-state index is 0.0512. The Kier molecular flexibility index (Phi) is 7.36. The number of carbonyl (C=O) groups excluding carboxylic acids is 2. The fourth-order valence-electron chi connectivity index (χ4n) is 4.36. The molecule has 0 bridgehead atoms. The normalized spacial score (nSPS) is 16.2. The summed E-state index contributed by atoms with van der Waals surface area (Å²) in [6, 6.07) is 1.87. The van der Waals surface area contributed by atoms with Crippen LogP contribution in [0.2, 0.25) is 0 Å². The van der Waals surface area contributed by atoms with Crippen LogP contribution in [0.15, 0.2) is 24.5 Å². The number of piperidine rings is 1. The van der Waals surface area contributed by atoms with E-state index in [9.17, 15) is 22.8 Å². The molecule has 2 amide bonds. The van der Waals surface area contributed by atoms with Crippen LogP contribution in [0.25, 0.3) is 22.4 Å². The first kappa shape index (κ1) is 25.8. The van der Waals surface area contributed by atoms with Gasteiger partial charge in [0.2, 0.25) is 5.91 Å². The molecular formula is C25H26F3N5O5. The zero-order chi connectivity index (χ0) is 26.8. The van der Waals surface area contributed by atoms with Gasteiger partial charge in [-0.1, -0.05) is 0 Å². The molecule has 3 N–H and O–H groups in total. The van der Waals surface area contributed by atoms with E-state index in [1.807, 2.05) is 0 Å². The number of ether oxygens (including phenoxy) is 2. The Morgan fingerprint density at radius 3 is 2.63 bits per heavy atom. The van der Waals surface area contributed by atoms with E-state index in [1.165, 1.54) is 12.4 Å². The summed E-state index contributed by atoms with van der Waals surface area (Å²) < 4.78 is 50.2. The molecule has 10 nitrogen and oxygen atoms in total. The predicted molar refractivity (Wildman–Crippen MR) is 128 cm³/mol. The van der Waals surface area contributed by atoms with Gasteiger partial charge in [-0.3, -0.25) is 9.59 Å². The minimum atomic E-state index is -3.21. The molecule has 0 spiro atoms. The van der Waals surface area contributed by atoms with E-state index in [4.69, 9.17) is 9.84 Å². The van der Waals surface area contributed by atoms with E-state index in [0.29, 0.717) is 49.5 Å². The van der Waals surface area contributed by atoms with Gasteiger partial charge in [0, 0.05) is 31.4 Å². The molecule has 2 aliphatic rings. The maximum absolute atomic E-state index is 14.6. The number of likely N-dealkylation sites (tertiary alicyclic amines) is 1. The zero-order valence-corrected chi connectivity index (χ0v) is 20.3. The Bertz CT molecular complexity index is 1340. The van der Waals surface area contributed by atoms with Gasteiger partial charge in [0.1, 0.15) is 17.9 Å². The van der Waals surface area contributed by atoms with E-state index < -0.39 is 24.8 Å². The third kappa shape index (κ3) is 5.67. The fourth-order valence-corrected chi connectivity index (χ4v) is 4.36. The number of halogens is 3. The average molecular weight is 534 g/mol. The second-order valence-corrected chi connectivity index (χ2v) is 9.36. The SMILES string of the molecule is O=C(NC1CCN(C(=O)CO)CC1)c1c[nH]c2cnc(-c3cc(F)c(OC(F)F)cc3OCC3CC3)nc12. The summed E-state index contributed by atoms with van der Waals surface area (Å²) in [6.45, 7) is -2.58. The average Bonchev–Trinajstić information content (AvgIpc) is 3.64. The van der Waals surface area contributed by atoms with Gasteiger partial charge in [0.05, 0.1) is 29.4 Å². The number of carbonyl (C=O) groups is 2. The van der Waals surface area contributed by atoms with E-state index in [0.717, 1.165) is 25.0 Å². The topological polar surface area (TPSA) is 130 Å². The highest BCUT2D eigenvalue weighted by atomic mass is 19.3. The van der Waals surface area contributed by atoms with Crippen molar-refractivity contribution < 1.29 is 37.3 Å². The standard InChI is InChI=1S/C25H26F3N5O5/c26-17-7-15(19(37-12-13-1-2-13)8-20(17)38-25(27)28)23-30-10-18-22(32-23)16(9-29-18)24(36)31-14-3-5-33(6-4-14)21(35)11-34/h7-10,13-14,25,29,34H,1-6,11-12H2,(H,31,36). The lowest BCUT2D eigenvalue weighted by Gasteiger charge is -2.32. The summed E-state index contributed by atoms with van der Waals surface area (Å²) in [5.41, 5.74) is 1.15. The van der Waals surface area contributed by atoms with Crippen molar-refractivity contribution in [2.24, 2.45) is 5.92 Å². The minimum Gasteiger partial charge on any atom is -0.492 e. The molecule has 5 rings (SSSR count). The summed E-state index contributed by atoms with van der Waals surface area (Å²) in [4.78, 5) is 38.0. The highest BCUT2D eigenvalue weighted by Crippen LogP contribution is 2.37. The van der Waals surface area contributed by atoms with Crippen LogP contribution in [-0.2, 0) is 4.79 Å². The Hall–Kier alpha value is -3.87. The maximum atomic E-state index is 14.6. The molecule has 38 heavy (non-hydrogen) atoms. The zero-order valence-electron chi connectivity index (χ0n) is 20.3. The molecule has 1 aliphatic heterocycles. The molecule has 0 radical (unpaired) electrons. The van der Waals surface area contributed by atoms with Crippen LogP contribution >= 0.6 is 0 Å². The van der Waals surface area contributed by atoms with Crippen molar-refractivity contribution in [2.45, 2.75) is 38.3 Å². The van der Waals surface area contributed by atoms with Gasteiger partial charge < -0.3 is 29.8 Å². The number of aliphatic hydroxyl groups excluding tert-OH is 1. The number of fused-ring (bicyclic) bond motifs is 1. The summed E-state index contributed by atoms with van der Waals surface area (Å²) in [5.74, 6) is -1.92. The molecule has 2 aromatic heterocycles. The van der Waals surface area contributed by atoms with E-state index in [1.54, 1.807) is 4.90 Å². The van der Waals surface area contributed by atoms with Crippen LogP contribution in [0, 0.1) is 11.7 Å². The predicted octanol–water partition coefficient (Wildman–Crippen LogP) is 2.87. The van der Waals surface area contributed by atoms with Gasteiger partial charge in [-0.2, -0.15) is 8.78 Å². The maximum Gasteiger partial charge on any atom is 0.387 e. The van der Waals surface area contributed by atoms with Crippen molar-refractivity contribution in [2.75, 3.05) is 26.3 Å². The number of nitrogens with zero attached hydrogens (tertiary/aromatic N) is 3. The highest BCUT2D eigenvalue weighted by molar-refractivity contribution is 6.05. The Balaban J connectivity index is 1.39. The van der Waals surface area contributed by atoms with E-state index in [2.05, 4.69) is 25.0 Å². The van der Waals surface area contributed by atoms with Crippen molar-refractivity contribution in [3.05, 3.63) is 35.9 Å². The summed E-state index contributed by atoms with van der Waals surface area (Å²) in [6.07, 6.45) is 5.98. The van der Waals surface area contributed by atoms with Gasteiger partial charge in [0.25, 0.3) is 5.91 Å². The van der Waals surface area contributed by atoms with Crippen LogP contribution in [-0.4, -0.2) is 75.7 Å². The summed E-state index contributed by atoms with van der Waals surface area (Å²) in [7, 11) is 0.